The molecule has 1 heterocycles. The van der Waals surface area contributed by atoms with Gasteiger partial charge in [0, 0.05) is 20.1 Å². The van der Waals surface area contributed by atoms with Crippen molar-refractivity contribution in [2.45, 2.75) is 39.2 Å². The van der Waals surface area contributed by atoms with Crippen molar-refractivity contribution in [3.8, 4) is 0 Å². The molecule has 2 N–H and O–H groups in total. The van der Waals surface area contributed by atoms with Crippen LogP contribution in [0.15, 0.2) is 0 Å². The molecule has 94 valence electrons. The fourth-order valence-electron chi connectivity index (χ4n) is 2.44. The number of nitrogens with one attached hydrogen (secondary N) is 1. The Labute approximate surface area is 98.0 Å². The molecule has 0 aromatic carbocycles. The molecule has 4 heteroatoms. The van der Waals surface area contributed by atoms with Gasteiger partial charge in [0.15, 0.2) is 0 Å². The minimum absolute atomic E-state index is 0.155. The van der Waals surface area contributed by atoms with Gasteiger partial charge < -0.3 is 15.3 Å². The molecule has 0 saturated carbocycles. The van der Waals surface area contributed by atoms with Gasteiger partial charge in [-0.2, -0.15) is 0 Å². The summed E-state index contributed by atoms with van der Waals surface area (Å²) in [5.41, 5.74) is -1.08. The average molecular weight is 228 g/mol. The van der Waals surface area contributed by atoms with E-state index < -0.39 is 5.60 Å². The summed E-state index contributed by atoms with van der Waals surface area (Å²) in [5, 5.41) is 13.0. The molecule has 1 fully saturated rings. The Morgan fingerprint density at radius 2 is 2.19 bits per heavy atom. The summed E-state index contributed by atoms with van der Waals surface area (Å²) in [7, 11) is 1.77. The molecule has 1 aliphatic heterocycles. The van der Waals surface area contributed by atoms with E-state index in [-0.39, 0.29) is 11.3 Å². The normalized spacial score (nSPS) is 25.8. The van der Waals surface area contributed by atoms with Crippen LogP contribution in [0.5, 0.6) is 0 Å². The van der Waals surface area contributed by atoms with Crippen molar-refractivity contribution in [2.24, 2.45) is 5.41 Å². The molecule has 0 aromatic rings. The highest BCUT2D eigenvalue weighted by molar-refractivity contribution is 5.83. The second kappa shape index (κ2) is 4.72. The molecule has 0 aliphatic carbocycles. The number of hydrogen-bond donors (Lipinski definition) is 2. The third kappa shape index (κ3) is 2.95. The molecule has 1 saturated heterocycles. The Bertz CT molecular complexity index is 252. The lowest BCUT2D eigenvalue weighted by Crippen LogP contribution is -2.48. The summed E-state index contributed by atoms with van der Waals surface area (Å²) in [6, 6.07) is 0. The van der Waals surface area contributed by atoms with Crippen LogP contribution in [0.25, 0.3) is 0 Å². The molecule has 1 aliphatic rings. The minimum atomic E-state index is -0.828. The SMILES string of the molecule is CCC1(C(=O)N(C)CC(C)(C)O)CCNC1. The Balaban J connectivity index is 2.68. The highest BCUT2D eigenvalue weighted by Gasteiger charge is 2.41. The van der Waals surface area contributed by atoms with E-state index in [1.54, 1.807) is 25.8 Å². The largest absolute Gasteiger partial charge is 0.389 e. The van der Waals surface area contributed by atoms with Crippen LogP contribution in [0.3, 0.4) is 0 Å². The fraction of sp³-hybridized carbons (Fsp3) is 0.917. The van der Waals surface area contributed by atoms with Crippen molar-refractivity contribution in [1.82, 2.24) is 10.2 Å². The second-order valence-corrected chi connectivity index (χ2v) is 5.53. The van der Waals surface area contributed by atoms with Crippen LogP contribution in [-0.2, 0) is 4.79 Å². The Morgan fingerprint density at radius 1 is 1.56 bits per heavy atom. The van der Waals surface area contributed by atoms with E-state index >= 15 is 0 Å². The molecule has 4 nitrogen and oxygen atoms in total. The second-order valence-electron chi connectivity index (χ2n) is 5.53. The Hall–Kier alpha value is -0.610. The summed E-state index contributed by atoms with van der Waals surface area (Å²) in [5.74, 6) is 0.155. The quantitative estimate of drug-likeness (QED) is 0.741. The topological polar surface area (TPSA) is 52.6 Å². The van der Waals surface area contributed by atoms with Crippen molar-refractivity contribution in [1.29, 1.82) is 0 Å². The highest BCUT2D eigenvalue weighted by atomic mass is 16.3. The molecule has 1 unspecified atom stereocenters. The van der Waals surface area contributed by atoms with Gasteiger partial charge in [-0.1, -0.05) is 6.92 Å². The number of carbonyl (C=O) groups is 1. The number of rotatable bonds is 4. The first-order chi connectivity index (χ1) is 7.31. The van der Waals surface area contributed by atoms with Crippen LogP contribution in [0, 0.1) is 5.41 Å². The summed E-state index contributed by atoms with van der Waals surface area (Å²) >= 11 is 0. The van der Waals surface area contributed by atoms with E-state index in [0.29, 0.717) is 6.54 Å². The van der Waals surface area contributed by atoms with Gasteiger partial charge >= 0.3 is 0 Å². The number of carbonyl (C=O) groups excluding carboxylic acids is 1. The molecular formula is C12H24N2O2. The molecule has 0 bridgehead atoms. The molecule has 1 atom stereocenters. The third-order valence-electron chi connectivity index (χ3n) is 3.34. The molecule has 0 radical (unpaired) electrons. The first-order valence-electron chi connectivity index (χ1n) is 5.99. The van der Waals surface area contributed by atoms with Gasteiger partial charge in [0.05, 0.1) is 11.0 Å². The maximum atomic E-state index is 12.4. The highest BCUT2D eigenvalue weighted by Crippen LogP contribution is 2.31. The minimum Gasteiger partial charge on any atom is -0.389 e. The van der Waals surface area contributed by atoms with E-state index in [4.69, 9.17) is 0 Å². The lowest BCUT2D eigenvalue weighted by atomic mass is 9.82. The number of aliphatic hydroxyl groups is 1. The van der Waals surface area contributed by atoms with Gasteiger partial charge in [0.1, 0.15) is 0 Å². The van der Waals surface area contributed by atoms with Crippen LogP contribution in [0.4, 0.5) is 0 Å². The Kier molecular flexibility index (Phi) is 3.97. The standard InChI is InChI=1S/C12H24N2O2/c1-5-12(6-7-13-8-12)10(15)14(4)9-11(2,3)16/h13,16H,5-9H2,1-4H3. The first-order valence-corrected chi connectivity index (χ1v) is 5.99. The first kappa shape index (κ1) is 13.5. The summed E-state index contributed by atoms with van der Waals surface area (Å²) in [4.78, 5) is 14.0. The summed E-state index contributed by atoms with van der Waals surface area (Å²) < 4.78 is 0. The van der Waals surface area contributed by atoms with Crippen LogP contribution < -0.4 is 5.32 Å². The number of hydrogen-bond acceptors (Lipinski definition) is 3. The van der Waals surface area contributed by atoms with Gasteiger partial charge in [0.2, 0.25) is 5.91 Å². The molecular weight excluding hydrogens is 204 g/mol. The molecule has 1 amide bonds. The van der Waals surface area contributed by atoms with Crippen molar-refractivity contribution < 1.29 is 9.90 Å². The van der Waals surface area contributed by atoms with Crippen LogP contribution in [-0.4, -0.2) is 48.2 Å². The monoisotopic (exact) mass is 228 g/mol. The lowest BCUT2D eigenvalue weighted by molar-refractivity contribution is -0.142. The van der Waals surface area contributed by atoms with Gasteiger partial charge in [-0.05, 0) is 33.2 Å². The van der Waals surface area contributed by atoms with Gasteiger partial charge in [-0.25, -0.2) is 0 Å². The maximum Gasteiger partial charge on any atom is 0.229 e. The zero-order valence-corrected chi connectivity index (χ0v) is 10.8. The van der Waals surface area contributed by atoms with Gasteiger partial charge in [0.25, 0.3) is 0 Å². The summed E-state index contributed by atoms with van der Waals surface area (Å²) in [6.07, 6.45) is 1.76. The van der Waals surface area contributed by atoms with Crippen molar-refractivity contribution in [3.63, 3.8) is 0 Å². The van der Waals surface area contributed by atoms with Gasteiger partial charge in [-0.15, -0.1) is 0 Å². The van der Waals surface area contributed by atoms with Crippen LogP contribution >= 0.6 is 0 Å². The summed E-state index contributed by atoms with van der Waals surface area (Å²) in [6.45, 7) is 7.56. The number of amides is 1. The molecule has 0 spiro atoms. The van der Waals surface area contributed by atoms with Crippen LogP contribution in [0.2, 0.25) is 0 Å². The lowest BCUT2D eigenvalue weighted by Gasteiger charge is -2.33. The van der Waals surface area contributed by atoms with Crippen molar-refractivity contribution in [2.75, 3.05) is 26.7 Å². The van der Waals surface area contributed by atoms with E-state index in [9.17, 15) is 9.90 Å². The van der Waals surface area contributed by atoms with Gasteiger partial charge in [-0.3, -0.25) is 4.79 Å². The third-order valence-corrected chi connectivity index (χ3v) is 3.34. The molecule has 0 aromatic heterocycles. The molecule has 16 heavy (non-hydrogen) atoms. The van der Waals surface area contributed by atoms with Crippen molar-refractivity contribution >= 4 is 5.91 Å². The molecule has 1 rings (SSSR count). The Morgan fingerprint density at radius 3 is 2.56 bits per heavy atom. The maximum absolute atomic E-state index is 12.4. The van der Waals surface area contributed by atoms with E-state index in [1.165, 1.54) is 0 Å². The van der Waals surface area contributed by atoms with Crippen molar-refractivity contribution in [3.05, 3.63) is 0 Å². The van der Waals surface area contributed by atoms with E-state index in [2.05, 4.69) is 12.2 Å². The predicted molar refractivity (Wildman–Crippen MR) is 64.1 cm³/mol. The fourth-order valence-corrected chi connectivity index (χ4v) is 2.44. The average Bonchev–Trinajstić information content (AvgIpc) is 2.63. The predicted octanol–water partition coefficient (Wildman–Crippen LogP) is 0.605. The number of likely N-dealkylation sites (N-methyl/N-ethyl adjacent to an activating group) is 1. The van der Waals surface area contributed by atoms with E-state index in [1.807, 2.05) is 0 Å². The number of nitrogens with zero attached hydrogens (tertiary/aromatic N) is 1. The van der Waals surface area contributed by atoms with Crippen LogP contribution in [0.1, 0.15) is 33.6 Å². The smallest absolute Gasteiger partial charge is 0.229 e. The van der Waals surface area contributed by atoms with E-state index in [0.717, 1.165) is 25.9 Å². The zero-order chi connectivity index (χ0) is 12.4. The zero-order valence-electron chi connectivity index (χ0n) is 10.8.